The van der Waals surface area contributed by atoms with E-state index in [4.69, 9.17) is 24.5 Å². The molecular weight excluding hydrogens is 709 g/mol. The minimum atomic E-state index is -1.19. The van der Waals surface area contributed by atoms with Gasteiger partial charge < -0.3 is 14.8 Å². The summed E-state index contributed by atoms with van der Waals surface area (Å²) in [5, 5.41) is 17.5. The normalized spacial score (nSPS) is 22.8. The number of nitrogens with zero attached hydrogens (tertiary/aromatic N) is 7. The van der Waals surface area contributed by atoms with Gasteiger partial charge in [0.1, 0.15) is 6.73 Å². The molecule has 5 aromatic rings. The predicted octanol–water partition coefficient (Wildman–Crippen LogP) is 8.80. The van der Waals surface area contributed by atoms with Crippen molar-refractivity contribution in [2.45, 2.75) is 91.3 Å². The third-order valence-corrected chi connectivity index (χ3v) is 14.8. The molecule has 4 aliphatic carbocycles. The van der Waals surface area contributed by atoms with E-state index in [1.54, 1.807) is 11.3 Å². The summed E-state index contributed by atoms with van der Waals surface area (Å²) in [6.07, 6.45) is 10.1. The summed E-state index contributed by atoms with van der Waals surface area (Å²) in [6, 6.07) is 13.0. The van der Waals surface area contributed by atoms with Crippen LogP contribution in [0, 0.1) is 30.1 Å². The SMILES string of the molecule is CCOC(=O)c1nc(Nc2ccc(/N=c3\sc4ccccc4n3COCC[Si](C)(C)C)nn2)sc1-c1cnn(CC23CC4CC(CC(C4)C2)C3)c1C. The predicted molar refractivity (Wildman–Crippen MR) is 209 cm³/mol. The van der Waals surface area contributed by atoms with Gasteiger partial charge in [-0.05, 0) is 106 Å². The zero-order valence-corrected chi connectivity index (χ0v) is 33.4. The van der Waals surface area contributed by atoms with Gasteiger partial charge in [0.25, 0.3) is 0 Å². The lowest BCUT2D eigenvalue weighted by Gasteiger charge is -2.56. The molecule has 0 spiro atoms. The molecule has 0 atom stereocenters. The van der Waals surface area contributed by atoms with E-state index in [0.29, 0.717) is 28.9 Å². The highest BCUT2D eigenvalue weighted by Crippen LogP contribution is 2.60. The molecule has 9 rings (SSSR count). The van der Waals surface area contributed by atoms with Gasteiger partial charge in [0.05, 0.1) is 27.9 Å². The van der Waals surface area contributed by atoms with E-state index < -0.39 is 14.0 Å². The van der Waals surface area contributed by atoms with E-state index >= 15 is 0 Å². The van der Waals surface area contributed by atoms with Crippen molar-refractivity contribution in [1.29, 1.82) is 0 Å². The summed E-state index contributed by atoms with van der Waals surface area (Å²) in [4.78, 5) is 24.3. The smallest absolute Gasteiger partial charge is 0.358 e. The summed E-state index contributed by atoms with van der Waals surface area (Å²) in [7, 11) is -1.19. The van der Waals surface area contributed by atoms with Crippen molar-refractivity contribution in [1.82, 2.24) is 29.5 Å². The van der Waals surface area contributed by atoms with Gasteiger partial charge in [0.2, 0.25) is 0 Å². The lowest BCUT2D eigenvalue weighted by molar-refractivity contribution is -0.0638. The number of nitrogens with one attached hydrogen (secondary N) is 1. The Hall–Kier alpha value is -3.72. The second-order valence-electron chi connectivity index (χ2n) is 16.3. The molecule has 4 aliphatic rings. The third kappa shape index (κ3) is 7.39. The number of carbonyl (C=O) groups is 1. The molecule has 14 heteroatoms. The van der Waals surface area contributed by atoms with Gasteiger partial charge in [0.15, 0.2) is 27.3 Å². The van der Waals surface area contributed by atoms with Crippen LogP contribution in [0.2, 0.25) is 25.7 Å². The van der Waals surface area contributed by atoms with Gasteiger partial charge in [-0.1, -0.05) is 54.4 Å². The molecule has 11 nitrogen and oxygen atoms in total. The summed E-state index contributed by atoms with van der Waals surface area (Å²) in [5.74, 6) is 3.19. The van der Waals surface area contributed by atoms with Crippen molar-refractivity contribution in [3.8, 4) is 10.4 Å². The fraction of sp³-hybridized carbons (Fsp3) is 0.526. The minimum Gasteiger partial charge on any atom is -0.461 e. The van der Waals surface area contributed by atoms with Gasteiger partial charge in [-0.25, -0.2) is 9.78 Å². The minimum absolute atomic E-state index is 0.268. The molecule has 52 heavy (non-hydrogen) atoms. The average Bonchev–Trinajstić information content (AvgIpc) is 3.77. The Balaban J connectivity index is 1.02. The first-order chi connectivity index (χ1) is 25.0. The van der Waals surface area contributed by atoms with Crippen LogP contribution in [-0.2, 0) is 22.7 Å². The van der Waals surface area contributed by atoms with Crippen molar-refractivity contribution < 1.29 is 14.3 Å². The van der Waals surface area contributed by atoms with Crippen molar-refractivity contribution in [3.05, 3.63) is 58.8 Å². The van der Waals surface area contributed by atoms with E-state index in [1.165, 1.54) is 49.9 Å². The second-order valence-corrected chi connectivity index (χ2v) is 23.9. The number of thiazole rings is 2. The molecule has 4 bridgehead atoms. The number of carbonyl (C=O) groups excluding carboxylic acids is 1. The van der Waals surface area contributed by atoms with Crippen molar-refractivity contribution in [2.75, 3.05) is 18.5 Å². The molecule has 274 valence electrons. The molecule has 0 amide bonds. The largest absolute Gasteiger partial charge is 0.461 e. The summed E-state index contributed by atoms with van der Waals surface area (Å²) in [6.45, 7) is 13.3. The first kappa shape index (κ1) is 35.3. The number of aromatic nitrogens is 6. The Bertz CT molecular complexity index is 2110. The van der Waals surface area contributed by atoms with Crippen LogP contribution in [0.15, 0.2) is 47.6 Å². The standard InChI is InChI=1S/C38H48N8O3S2Si/c1-6-49-35(47)33-34(28-21-39-46(24(28)2)22-38-18-25-15-26(19-38)17-27(16-25)20-38)51-36(42-33)40-31-11-12-32(44-43-31)41-37-45(23-48-13-14-52(3,4)5)29-9-7-8-10-30(29)50-37/h7-12,21,25-27H,6,13-20,22-23H2,1-5H3,(H,40,42,43)/b41-37-. The number of hydrogen-bond acceptors (Lipinski definition) is 11. The van der Waals surface area contributed by atoms with Crippen molar-refractivity contribution in [3.63, 3.8) is 0 Å². The highest BCUT2D eigenvalue weighted by Gasteiger charge is 2.51. The van der Waals surface area contributed by atoms with E-state index in [9.17, 15) is 4.79 Å². The van der Waals surface area contributed by atoms with E-state index in [0.717, 1.165) is 68.1 Å². The fourth-order valence-electron chi connectivity index (χ4n) is 8.95. The van der Waals surface area contributed by atoms with E-state index in [2.05, 4.69) is 63.5 Å². The molecule has 0 saturated heterocycles. The zero-order valence-electron chi connectivity index (χ0n) is 30.7. The molecule has 1 N–H and O–H groups in total. The van der Waals surface area contributed by atoms with Crippen LogP contribution in [0.5, 0.6) is 0 Å². The lowest BCUT2D eigenvalue weighted by atomic mass is 9.49. The number of fused-ring (bicyclic) bond motifs is 1. The number of rotatable bonds is 13. The Kier molecular flexibility index (Phi) is 9.68. The highest BCUT2D eigenvalue weighted by molar-refractivity contribution is 7.19. The molecule has 0 radical (unpaired) electrons. The maximum Gasteiger partial charge on any atom is 0.358 e. The average molecular weight is 757 g/mol. The van der Waals surface area contributed by atoms with Gasteiger partial charge in [0, 0.05) is 32.5 Å². The number of para-hydroxylation sites is 1. The van der Waals surface area contributed by atoms with E-state index in [1.807, 2.05) is 37.4 Å². The van der Waals surface area contributed by atoms with Gasteiger partial charge in [-0.15, -0.1) is 10.2 Å². The van der Waals surface area contributed by atoms with Gasteiger partial charge >= 0.3 is 5.97 Å². The first-order valence-electron chi connectivity index (χ1n) is 18.6. The van der Waals surface area contributed by atoms with Crippen LogP contribution in [0.4, 0.5) is 16.8 Å². The fourth-order valence-corrected chi connectivity index (χ4v) is 11.8. The lowest BCUT2D eigenvalue weighted by Crippen LogP contribution is -2.48. The number of benzene rings is 1. The Morgan fingerprint density at radius 1 is 1.04 bits per heavy atom. The van der Waals surface area contributed by atoms with Crippen LogP contribution in [-0.4, -0.2) is 56.8 Å². The van der Waals surface area contributed by atoms with Crippen LogP contribution in [0.25, 0.3) is 20.7 Å². The maximum atomic E-state index is 13.2. The van der Waals surface area contributed by atoms with E-state index in [-0.39, 0.29) is 12.3 Å². The quantitative estimate of drug-likeness (QED) is 0.0719. The maximum absolute atomic E-state index is 13.2. The van der Waals surface area contributed by atoms with Crippen LogP contribution < -0.4 is 10.1 Å². The first-order valence-corrected chi connectivity index (χ1v) is 23.9. The van der Waals surface area contributed by atoms with Gasteiger partial charge in [-0.3, -0.25) is 9.25 Å². The number of esters is 1. The molecular formula is C38H48N8O3S2Si. The van der Waals surface area contributed by atoms with Gasteiger partial charge in [-0.2, -0.15) is 10.1 Å². The number of hydrogen-bond donors (Lipinski definition) is 1. The summed E-state index contributed by atoms with van der Waals surface area (Å²) < 4.78 is 17.0. The van der Waals surface area contributed by atoms with Crippen molar-refractivity contribution >= 4 is 63.7 Å². The second kappa shape index (κ2) is 14.3. The van der Waals surface area contributed by atoms with Crippen LogP contribution in [0.1, 0.15) is 61.6 Å². The van der Waals surface area contributed by atoms with Crippen molar-refractivity contribution in [2.24, 2.45) is 28.2 Å². The monoisotopic (exact) mass is 756 g/mol. The molecule has 0 aliphatic heterocycles. The Labute approximate surface area is 313 Å². The molecule has 4 saturated carbocycles. The summed E-state index contributed by atoms with van der Waals surface area (Å²) >= 11 is 3.00. The molecule has 0 unspecified atom stereocenters. The van der Waals surface area contributed by atoms with Crippen LogP contribution in [0.3, 0.4) is 0 Å². The number of anilines is 2. The Morgan fingerprint density at radius 2 is 1.79 bits per heavy atom. The molecule has 4 fully saturated rings. The molecule has 1 aromatic carbocycles. The topological polar surface area (TPSA) is 121 Å². The molecule has 4 aromatic heterocycles. The third-order valence-electron chi connectivity index (χ3n) is 11.0. The van der Waals surface area contributed by atoms with Crippen LogP contribution >= 0.6 is 22.7 Å². The zero-order chi connectivity index (χ0) is 36.0. The molecule has 4 heterocycles. The highest BCUT2D eigenvalue weighted by atomic mass is 32.1. The Morgan fingerprint density at radius 3 is 2.48 bits per heavy atom. The number of ether oxygens (including phenoxy) is 2. The summed E-state index contributed by atoms with van der Waals surface area (Å²) in [5.41, 5.74) is 3.69.